The predicted octanol–water partition coefficient (Wildman–Crippen LogP) is 3.79. The molecule has 0 radical (unpaired) electrons. The molecule has 0 nitrogen and oxygen atoms in total. The summed E-state index contributed by atoms with van der Waals surface area (Å²) in [4.78, 5) is 0. The Morgan fingerprint density at radius 3 is 1.92 bits per heavy atom. The minimum atomic E-state index is 1.09. The Bertz CT molecular complexity index is 308. The highest BCUT2D eigenvalue weighted by Gasteiger charge is 2.15. The van der Waals surface area contributed by atoms with Crippen molar-refractivity contribution in [2.75, 3.05) is 0 Å². The van der Waals surface area contributed by atoms with Crippen molar-refractivity contribution in [3.8, 4) is 0 Å². The zero-order valence-corrected chi connectivity index (χ0v) is 9.65. The van der Waals surface area contributed by atoms with Gasteiger partial charge in [0.15, 0.2) is 0 Å². The van der Waals surface area contributed by atoms with Gasteiger partial charge < -0.3 is 0 Å². The largest absolute Gasteiger partial charge is 0.0620 e. The SMILES string of the molecule is BrC(Br)=C1Cc2ccccc2C1. The molecular formula is C10H8Br2. The Hall–Kier alpha value is -0.0800. The Labute approximate surface area is 88.9 Å². The molecule has 0 heterocycles. The van der Waals surface area contributed by atoms with Gasteiger partial charge in [-0.05, 0) is 61.4 Å². The Morgan fingerprint density at radius 1 is 1.00 bits per heavy atom. The van der Waals surface area contributed by atoms with Crippen molar-refractivity contribution < 1.29 is 0 Å². The first-order valence-corrected chi connectivity index (χ1v) is 5.46. The van der Waals surface area contributed by atoms with E-state index in [4.69, 9.17) is 0 Å². The number of allylic oxidation sites excluding steroid dienone is 1. The summed E-state index contributed by atoms with van der Waals surface area (Å²) >= 11 is 6.91. The molecule has 0 N–H and O–H groups in total. The second kappa shape index (κ2) is 3.35. The van der Waals surface area contributed by atoms with E-state index >= 15 is 0 Å². The van der Waals surface area contributed by atoms with Gasteiger partial charge in [0.25, 0.3) is 0 Å². The minimum absolute atomic E-state index is 1.09. The Balaban J connectivity index is 2.40. The summed E-state index contributed by atoms with van der Waals surface area (Å²) in [5.41, 5.74) is 4.36. The van der Waals surface area contributed by atoms with Gasteiger partial charge in [0.05, 0.1) is 3.39 Å². The molecule has 0 saturated heterocycles. The van der Waals surface area contributed by atoms with Crippen LogP contribution in [0.25, 0.3) is 0 Å². The summed E-state index contributed by atoms with van der Waals surface area (Å²) in [6.07, 6.45) is 2.17. The van der Waals surface area contributed by atoms with Crippen LogP contribution in [0.2, 0.25) is 0 Å². The van der Waals surface area contributed by atoms with Gasteiger partial charge in [0, 0.05) is 0 Å². The van der Waals surface area contributed by atoms with Crippen LogP contribution in [0.4, 0.5) is 0 Å². The lowest BCUT2D eigenvalue weighted by molar-refractivity contribution is 1.18. The number of fused-ring (bicyclic) bond motifs is 1. The van der Waals surface area contributed by atoms with E-state index in [-0.39, 0.29) is 0 Å². The topological polar surface area (TPSA) is 0 Å². The summed E-state index contributed by atoms with van der Waals surface area (Å²) in [5.74, 6) is 0. The molecule has 62 valence electrons. The highest BCUT2D eigenvalue weighted by molar-refractivity contribution is 9.28. The summed E-state index contributed by atoms with van der Waals surface area (Å²) in [5, 5.41) is 0. The third kappa shape index (κ3) is 1.50. The zero-order chi connectivity index (χ0) is 8.55. The average Bonchev–Trinajstić information content (AvgIpc) is 2.46. The van der Waals surface area contributed by atoms with Crippen LogP contribution in [0.1, 0.15) is 11.1 Å². The van der Waals surface area contributed by atoms with Crippen LogP contribution in [0.15, 0.2) is 33.2 Å². The molecule has 2 rings (SSSR count). The predicted molar refractivity (Wildman–Crippen MR) is 58.7 cm³/mol. The molecule has 0 unspecified atom stereocenters. The van der Waals surface area contributed by atoms with Crippen molar-refractivity contribution >= 4 is 31.9 Å². The van der Waals surface area contributed by atoms with Crippen LogP contribution < -0.4 is 0 Å². The van der Waals surface area contributed by atoms with Gasteiger partial charge in [-0.3, -0.25) is 0 Å². The zero-order valence-electron chi connectivity index (χ0n) is 6.48. The maximum Gasteiger partial charge on any atom is 0.0602 e. The summed E-state index contributed by atoms with van der Waals surface area (Å²) in [6.45, 7) is 0. The highest BCUT2D eigenvalue weighted by Crippen LogP contribution is 2.32. The Kier molecular flexibility index (Phi) is 2.37. The van der Waals surface area contributed by atoms with Crippen LogP contribution in [0.3, 0.4) is 0 Å². The summed E-state index contributed by atoms with van der Waals surface area (Å²) < 4.78 is 1.12. The first-order chi connectivity index (χ1) is 5.77. The Morgan fingerprint density at radius 2 is 1.50 bits per heavy atom. The molecule has 1 aliphatic rings. The fourth-order valence-electron chi connectivity index (χ4n) is 1.56. The number of halogens is 2. The molecule has 0 spiro atoms. The normalized spacial score (nSPS) is 14.7. The summed E-state index contributed by atoms with van der Waals surface area (Å²) in [6, 6.07) is 8.60. The third-order valence-corrected chi connectivity index (χ3v) is 3.31. The van der Waals surface area contributed by atoms with E-state index < -0.39 is 0 Å². The molecule has 0 atom stereocenters. The van der Waals surface area contributed by atoms with E-state index in [9.17, 15) is 0 Å². The van der Waals surface area contributed by atoms with Crippen LogP contribution in [0.5, 0.6) is 0 Å². The van der Waals surface area contributed by atoms with Crippen LogP contribution >= 0.6 is 31.9 Å². The van der Waals surface area contributed by atoms with Gasteiger partial charge in [-0.25, -0.2) is 0 Å². The van der Waals surface area contributed by atoms with E-state index in [1.54, 1.807) is 0 Å². The number of hydrogen-bond donors (Lipinski definition) is 0. The molecule has 0 amide bonds. The van der Waals surface area contributed by atoms with Crippen molar-refractivity contribution in [2.45, 2.75) is 12.8 Å². The number of rotatable bonds is 0. The third-order valence-electron chi connectivity index (χ3n) is 2.19. The summed E-state index contributed by atoms with van der Waals surface area (Å²) in [7, 11) is 0. The fraction of sp³-hybridized carbons (Fsp3) is 0.200. The average molecular weight is 288 g/mol. The molecule has 2 heteroatoms. The van der Waals surface area contributed by atoms with Crippen LogP contribution in [0, 0.1) is 0 Å². The van der Waals surface area contributed by atoms with Crippen molar-refractivity contribution in [1.82, 2.24) is 0 Å². The fourth-order valence-corrected chi connectivity index (χ4v) is 2.12. The molecule has 1 aliphatic carbocycles. The number of hydrogen-bond acceptors (Lipinski definition) is 0. The lowest BCUT2D eigenvalue weighted by Gasteiger charge is -1.93. The molecule has 12 heavy (non-hydrogen) atoms. The molecule has 0 aliphatic heterocycles. The maximum absolute atomic E-state index is 3.46. The second-order valence-corrected chi connectivity index (χ2v) is 5.64. The standard InChI is InChI=1S/C10H8Br2/c11-10(12)9-5-7-3-1-2-4-8(7)6-9/h1-4H,5-6H2. The van der Waals surface area contributed by atoms with Crippen molar-refractivity contribution in [2.24, 2.45) is 0 Å². The van der Waals surface area contributed by atoms with Crippen molar-refractivity contribution in [3.63, 3.8) is 0 Å². The van der Waals surface area contributed by atoms with Gasteiger partial charge in [-0.15, -0.1) is 0 Å². The molecular weight excluding hydrogens is 280 g/mol. The molecule has 0 aromatic heterocycles. The molecule has 0 saturated carbocycles. The van der Waals surface area contributed by atoms with E-state index in [1.165, 1.54) is 16.7 Å². The van der Waals surface area contributed by atoms with Gasteiger partial charge in [-0.2, -0.15) is 0 Å². The molecule has 0 fully saturated rings. The first-order valence-electron chi connectivity index (χ1n) is 3.87. The van der Waals surface area contributed by atoms with Crippen molar-refractivity contribution in [3.05, 3.63) is 44.4 Å². The lowest BCUT2D eigenvalue weighted by atomic mass is 10.1. The van der Waals surface area contributed by atoms with Crippen molar-refractivity contribution in [1.29, 1.82) is 0 Å². The number of benzene rings is 1. The van der Waals surface area contributed by atoms with E-state index in [0.29, 0.717) is 0 Å². The minimum Gasteiger partial charge on any atom is -0.0620 e. The van der Waals surface area contributed by atoms with E-state index in [0.717, 1.165) is 16.2 Å². The monoisotopic (exact) mass is 286 g/mol. The van der Waals surface area contributed by atoms with Gasteiger partial charge in [0.2, 0.25) is 0 Å². The van der Waals surface area contributed by atoms with E-state index in [1.807, 2.05) is 0 Å². The van der Waals surface area contributed by atoms with E-state index in [2.05, 4.69) is 56.1 Å². The molecule has 1 aromatic carbocycles. The van der Waals surface area contributed by atoms with Gasteiger partial charge >= 0.3 is 0 Å². The smallest absolute Gasteiger partial charge is 0.0602 e. The molecule has 0 bridgehead atoms. The lowest BCUT2D eigenvalue weighted by Crippen LogP contribution is -1.79. The first kappa shape index (κ1) is 8.52. The second-order valence-electron chi connectivity index (χ2n) is 2.99. The quantitative estimate of drug-likeness (QED) is 0.681. The van der Waals surface area contributed by atoms with Crippen LogP contribution in [-0.4, -0.2) is 0 Å². The van der Waals surface area contributed by atoms with Gasteiger partial charge in [-0.1, -0.05) is 24.3 Å². The maximum atomic E-state index is 3.46. The highest BCUT2D eigenvalue weighted by atomic mass is 79.9. The molecule has 1 aromatic rings. The van der Waals surface area contributed by atoms with Gasteiger partial charge in [0.1, 0.15) is 0 Å². The van der Waals surface area contributed by atoms with Crippen LogP contribution in [-0.2, 0) is 12.8 Å².